The maximum atomic E-state index is 13.6. The van der Waals surface area contributed by atoms with Crippen LogP contribution in [-0.4, -0.2) is 25.1 Å². The van der Waals surface area contributed by atoms with E-state index in [0.717, 1.165) is 6.07 Å². The molecule has 2 rings (SSSR count). The number of halogens is 2. The molecule has 2 aromatic rings. The van der Waals surface area contributed by atoms with Crippen LogP contribution in [0.5, 0.6) is 17.2 Å². The molecule has 23 heavy (non-hydrogen) atoms. The number of ketones is 1. The second-order valence-corrected chi connectivity index (χ2v) is 5.45. The van der Waals surface area contributed by atoms with Gasteiger partial charge in [-0.15, -0.1) is 0 Å². The van der Waals surface area contributed by atoms with Crippen LogP contribution in [0.2, 0.25) is 0 Å². The maximum absolute atomic E-state index is 13.6. The van der Waals surface area contributed by atoms with Gasteiger partial charge in [-0.25, -0.2) is 4.39 Å². The fraction of sp³-hybridized carbons (Fsp3) is 0.118. The lowest BCUT2D eigenvalue weighted by atomic mass is 10.1. The molecule has 2 aromatic carbocycles. The number of allylic oxidation sites excluding steroid dienone is 1. The Kier molecular flexibility index (Phi) is 5.39. The normalized spacial score (nSPS) is 10.8. The minimum absolute atomic E-state index is 0.0202. The molecular formula is C17H14BrFO4. The van der Waals surface area contributed by atoms with Crippen molar-refractivity contribution >= 4 is 27.8 Å². The summed E-state index contributed by atoms with van der Waals surface area (Å²) in [6.45, 7) is 0. The van der Waals surface area contributed by atoms with Crippen molar-refractivity contribution < 1.29 is 23.8 Å². The molecule has 0 radical (unpaired) electrons. The molecule has 0 bridgehead atoms. The van der Waals surface area contributed by atoms with Crippen LogP contribution in [0.15, 0.2) is 40.9 Å². The van der Waals surface area contributed by atoms with Gasteiger partial charge in [-0.05, 0) is 57.9 Å². The zero-order valence-electron chi connectivity index (χ0n) is 12.5. The van der Waals surface area contributed by atoms with Gasteiger partial charge in [0.15, 0.2) is 28.8 Å². The fourth-order valence-corrected chi connectivity index (χ4v) is 2.39. The number of ether oxygens (including phenoxy) is 2. The SMILES string of the molecule is COc1ccc(C(=O)/C=C/c2cc(Br)c(O)c(OC)c2)cc1F. The Morgan fingerprint density at radius 2 is 1.87 bits per heavy atom. The third-order valence-electron chi connectivity index (χ3n) is 3.13. The Balaban J connectivity index is 2.24. The lowest BCUT2D eigenvalue weighted by Crippen LogP contribution is -1.97. The van der Waals surface area contributed by atoms with Gasteiger partial charge in [-0.1, -0.05) is 6.08 Å². The Hall–Kier alpha value is -2.34. The molecule has 0 heterocycles. The van der Waals surface area contributed by atoms with Crippen LogP contribution in [0.1, 0.15) is 15.9 Å². The lowest BCUT2D eigenvalue weighted by molar-refractivity contribution is 0.104. The summed E-state index contributed by atoms with van der Waals surface area (Å²) in [7, 11) is 2.79. The van der Waals surface area contributed by atoms with E-state index in [9.17, 15) is 14.3 Å². The molecule has 0 fully saturated rings. The third kappa shape index (κ3) is 3.90. The van der Waals surface area contributed by atoms with E-state index in [1.807, 2.05) is 0 Å². The first kappa shape index (κ1) is 17.0. The van der Waals surface area contributed by atoms with E-state index in [0.29, 0.717) is 10.0 Å². The molecule has 1 N–H and O–H groups in total. The van der Waals surface area contributed by atoms with Crippen molar-refractivity contribution in [3.63, 3.8) is 0 Å². The molecule has 4 nitrogen and oxygen atoms in total. The van der Waals surface area contributed by atoms with Crippen LogP contribution in [0.3, 0.4) is 0 Å². The first-order valence-electron chi connectivity index (χ1n) is 6.58. The van der Waals surface area contributed by atoms with Gasteiger partial charge in [0.2, 0.25) is 0 Å². The Morgan fingerprint density at radius 3 is 2.48 bits per heavy atom. The maximum Gasteiger partial charge on any atom is 0.185 e. The van der Waals surface area contributed by atoms with Crippen molar-refractivity contribution in [2.24, 2.45) is 0 Å². The van der Waals surface area contributed by atoms with E-state index in [4.69, 9.17) is 9.47 Å². The number of hydrogen-bond acceptors (Lipinski definition) is 4. The Morgan fingerprint density at radius 1 is 1.17 bits per heavy atom. The predicted molar refractivity (Wildman–Crippen MR) is 88.7 cm³/mol. The summed E-state index contributed by atoms with van der Waals surface area (Å²) in [5.41, 5.74) is 0.859. The minimum atomic E-state index is -0.596. The molecule has 6 heteroatoms. The molecular weight excluding hydrogens is 367 g/mol. The van der Waals surface area contributed by atoms with Crippen LogP contribution in [0, 0.1) is 5.82 Å². The van der Waals surface area contributed by atoms with Crippen molar-refractivity contribution in [2.45, 2.75) is 0 Å². The number of phenols is 1. The summed E-state index contributed by atoms with van der Waals surface area (Å²) < 4.78 is 23.9. The van der Waals surface area contributed by atoms with Gasteiger partial charge in [0.25, 0.3) is 0 Å². The zero-order valence-corrected chi connectivity index (χ0v) is 14.1. The summed E-state index contributed by atoms with van der Waals surface area (Å²) in [5.74, 6) is -0.608. The number of methoxy groups -OCH3 is 2. The lowest BCUT2D eigenvalue weighted by Gasteiger charge is -2.06. The topological polar surface area (TPSA) is 55.8 Å². The highest BCUT2D eigenvalue weighted by Gasteiger charge is 2.09. The molecule has 0 unspecified atom stereocenters. The largest absolute Gasteiger partial charge is 0.503 e. The first-order valence-corrected chi connectivity index (χ1v) is 7.38. The van der Waals surface area contributed by atoms with Crippen molar-refractivity contribution in [3.8, 4) is 17.2 Å². The van der Waals surface area contributed by atoms with Crippen molar-refractivity contribution in [1.29, 1.82) is 0 Å². The number of aromatic hydroxyl groups is 1. The Bertz CT molecular complexity index is 771. The third-order valence-corrected chi connectivity index (χ3v) is 3.74. The van der Waals surface area contributed by atoms with Gasteiger partial charge in [0, 0.05) is 5.56 Å². The van der Waals surface area contributed by atoms with E-state index >= 15 is 0 Å². The average Bonchev–Trinajstić information content (AvgIpc) is 2.55. The number of rotatable bonds is 5. The van der Waals surface area contributed by atoms with E-state index in [1.54, 1.807) is 18.2 Å². The molecule has 0 aromatic heterocycles. The van der Waals surface area contributed by atoms with Crippen molar-refractivity contribution in [1.82, 2.24) is 0 Å². The van der Waals surface area contributed by atoms with E-state index in [2.05, 4.69) is 15.9 Å². The summed E-state index contributed by atoms with van der Waals surface area (Å²) in [6, 6.07) is 7.23. The van der Waals surface area contributed by atoms with Crippen LogP contribution in [0.25, 0.3) is 6.08 Å². The van der Waals surface area contributed by atoms with Crippen molar-refractivity contribution in [3.05, 3.63) is 57.8 Å². The van der Waals surface area contributed by atoms with Gasteiger partial charge in [-0.3, -0.25) is 4.79 Å². The predicted octanol–water partition coefficient (Wildman–Crippen LogP) is 4.21. The molecule has 0 aliphatic rings. The van der Waals surface area contributed by atoms with E-state index in [1.165, 1.54) is 32.4 Å². The van der Waals surface area contributed by atoms with Gasteiger partial charge >= 0.3 is 0 Å². The molecule has 0 saturated heterocycles. The van der Waals surface area contributed by atoms with Crippen molar-refractivity contribution in [2.75, 3.05) is 14.2 Å². The second-order valence-electron chi connectivity index (χ2n) is 4.60. The number of hydrogen-bond donors (Lipinski definition) is 1. The summed E-state index contributed by atoms with van der Waals surface area (Å²) in [5, 5.41) is 9.74. The summed E-state index contributed by atoms with van der Waals surface area (Å²) >= 11 is 3.20. The number of benzene rings is 2. The van der Waals surface area contributed by atoms with Crippen LogP contribution in [-0.2, 0) is 0 Å². The number of carbonyl (C=O) groups excluding carboxylic acids is 1. The molecule has 120 valence electrons. The second kappa shape index (κ2) is 7.28. The average molecular weight is 381 g/mol. The zero-order chi connectivity index (χ0) is 17.0. The summed E-state index contributed by atoms with van der Waals surface area (Å²) in [4.78, 5) is 12.1. The van der Waals surface area contributed by atoms with Crippen LogP contribution >= 0.6 is 15.9 Å². The molecule has 0 saturated carbocycles. The number of carbonyl (C=O) groups is 1. The summed E-state index contributed by atoms with van der Waals surface area (Å²) in [6.07, 6.45) is 2.87. The van der Waals surface area contributed by atoms with Gasteiger partial charge in [0.1, 0.15) is 0 Å². The molecule has 0 atom stereocenters. The smallest absolute Gasteiger partial charge is 0.185 e. The minimum Gasteiger partial charge on any atom is -0.503 e. The fourth-order valence-electron chi connectivity index (χ4n) is 1.93. The highest BCUT2D eigenvalue weighted by atomic mass is 79.9. The molecule has 0 aliphatic heterocycles. The molecule has 0 aliphatic carbocycles. The highest BCUT2D eigenvalue weighted by Crippen LogP contribution is 2.35. The van der Waals surface area contributed by atoms with Gasteiger partial charge < -0.3 is 14.6 Å². The monoisotopic (exact) mass is 380 g/mol. The number of phenolic OH excluding ortho intramolecular Hbond substituents is 1. The van der Waals surface area contributed by atoms with E-state index in [-0.39, 0.29) is 28.6 Å². The molecule has 0 amide bonds. The molecule has 0 spiro atoms. The highest BCUT2D eigenvalue weighted by molar-refractivity contribution is 9.10. The first-order chi connectivity index (χ1) is 11.0. The van der Waals surface area contributed by atoms with Gasteiger partial charge in [-0.2, -0.15) is 0 Å². The van der Waals surface area contributed by atoms with Gasteiger partial charge in [0.05, 0.1) is 18.7 Å². The Labute approximate surface area is 141 Å². The van der Waals surface area contributed by atoms with Crippen LogP contribution < -0.4 is 9.47 Å². The van der Waals surface area contributed by atoms with Crippen LogP contribution in [0.4, 0.5) is 4.39 Å². The standard InChI is InChI=1S/C17H14BrFO4/c1-22-15-6-4-11(9-13(15)19)14(20)5-3-10-7-12(18)17(21)16(8-10)23-2/h3-9,21H,1-2H3/b5-3+. The van der Waals surface area contributed by atoms with E-state index < -0.39 is 5.82 Å². The quantitative estimate of drug-likeness (QED) is 0.623.